The van der Waals surface area contributed by atoms with Gasteiger partial charge in [-0.1, -0.05) is 333 Å². The van der Waals surface area contributed by atoms with Crippen molar-refractivity contribution in [1.29, 1.82) is 0 Å². The van der Waals surface area contributed by atoms with Crippen molar-refractivity contribution in [2.24, 2.45) is 0 Å². The lowest BCUT2D eigenvalue weighted by Gasteiger charge is -2.25. The standard InChI is InChI=1S/C71H139N2O6P/c1-6-8-10-12-14-16-18-20-22-24-26-28-30-31-32-33-34-35-36-37-38-39-40-41-43-45-47-49-51-53-55-57-59-61-63-65-71(75)72-69(68-79-80(76,77)78-67-66-73(3,4)5)70(74)64-62-60-58-56-54-52-50-48-46-44-42-29-27-25-23-21-19-17-15-13-11-9-7-2/h24,26,54,56,62,64,69-70,74H,6-23,25,27-53,55,57-61,63,65-68H2,1-5H3,(H-,72,75,76,77)/p+1/b26-24-,56-54+,64-62+. The maximum absolute atomic E-state index is 13.0. The molecule has 8 nitrogen and oxygen atoms in total. The summed E-state index contributed by atoms with van der Waals surface area (Å²) in [6.07, 6.45) is 83.1. The number of aliphatic hydroxyl groups is 1. The Kier molecular flexibility index (Phi) is 61.3. The van der Waals surface area contributed by atoms with Crippen molar-refractivity contribution in [3.05, 3.63) is 36.5 Å². The third kappa shape index (κ3) is 64.3. The van der Waals surface area contributed by atoms with Crippen molar-refractivity contribution in [3.8, 4) is 0 Å². The average molecular weight is 1150 g/mol. The molecule has 0 radical (unpaired) electrons. The van der Waals surface area contributed by atoms with E-state index in [9.17, 15) is 19.4 Å². The topological polar surface area (TPSA) is 105 Å². The number of nitrogens with zero attached hydrogens (tertiary/aromatic N) is 1. The number of likely N-dealkylation sites (N-methyl/N-ethyl adjacent to an activating group) is 1. The summed E-state index contributed by atoms with van der Waals surface area (Å²) in [5.74, 6) is -0.179. The Bertz CT molecular complexity index is 1400. The number of nitrogens with one attached hydrogen (secondary N) is 1. The number of phosphoric ester groups is 1. The van der Waals surface area contributed by atoms with E-state index in [0.29, 0.717) is 17.4 Å². The summed E-state index contributed by atoms with van der Waals surface area (Å²) in [7, 11) is 1.57. The Hall–Kier alpha value is -1.28. The third-order valence-electron chi connectivity index (χ3n) is 16.3. The van der Waals surface area contributed by atoms with Crippen molar-refractivity contribution in [2.45, 2.75) is 373 Å². The lowest BCUT2D eigenvalue weighted by atomic mass is 10.0. The number of hydrogen-bond acceptors (Lipinski definition) is 5. The van der Waals surface area contributed by atoms with E-state index in [1.807, 2.05) is 27.2 Å². The quantitative estimate of drug-likeness (QED) is 0.0243. The van der Waals surface area contributed by atoms with E-state index in [1.165, 1.54) is 302 Å². The molecule has 0 aromatic rings. The molecule has 0 bridgehead atoms. The van der Waals surface area contributed by atoms with Crippen molar-refractivity contribution in [2.75, 3.05) is 40.9 Å². The van der Waals surface area contributed by atoms with Gasteiger partial charge in [0.25, 0.3) is 0 Å². The van der Waals surface area contributed by atoms with E-state index in [0.717, 1.165) is 38.5 Å². The van der Waals surface area contributed by atoms with Crippen LogP contribution in [0.2, 0.25) is 0 Å². The van der Waals surface area contributed by atoms with E-state index in [1.54, 1.807) is 6.08 Å². The largest absolute Gasteiger partial charge is 0.472 e. The SMILES string of the molecule is CCCCCCCCCC/C=C\CCCCCCCCCCCCCCCCCCCCCCCCCC(=O)NC(COP(=O)(O)OCC[N+](C)(C)C)C(O)/C=C/CC/C=C/CCCCCCCCCCCCCCCCCCC. The van der Waals surface area contributed by atoms with Crippen LogP contribution in [-0.4, -0.2) is 73.4 Å². The van der Waals surface area contributed by atoms with Gasteiger partial charge in [-0.25, -0.2) is 4.57 Å². The molecular formula is C71H140N2O6P+. The molecule has 0 saturated carbocycles. The number of carbonyl (C=O) groups excluding carboxylic acids is 1. The number of carbonyl (C=O) groups is 1. The minimum Gasteiger partial charge on any atom is -0.387 e. The number of aliphatic hydroxyl groups excluding tert-OH is 1. The molecule has 0 heterocycles. The summed E-state index contributed by atoms with van der Waals surface area (Å²) in [5.41, 5.74) is 0. The summed E-state index contributed by atoms with van der Waals surface area (Å²) in [5, 5.41) is 14.0. The predicted molar refractivity (Wildman–Crippen MR) is 351 cm³/mol. The molecule has 0 aliphatic rings. The van der Waals surface area contributed by atoms with Crippen LogP contribution in [0.3, 0.4) is 0 Å². The molecule has 474 valence electrons. The second kappa shape index (κ2) is 62.3. The van der Waals surface area contributed by atoms with E-state index in [2.05, 4.69) is 43.5 Å². The lowest BCUT2D eigenvalue weighted by Crippen LogP contribution is -2.45. The first-order chi connectivity index (χ1) is 39.0. The fourth-order valence-corrected chi connectivity index (χ4v) is 11.6. The molecule has 1 amide bonds. The first-order valence-electron chi connectivity index (χ1n) is 35.4. The zero-order valence-electron chi connectivity index (χ0n) is 54.3. The molecular weight excluding hydrogens is 1010 g/mol. The van der Waals surface area contributed by atoms with Crippen LogP contribution < -0.4 is 5.32 Å². The second-order valence-electron chi connectivity index (χ2n) is 25.6. The number of unbranched alkanes of at least 4 members (excludes halogenated alkanes) is 49. The molecule has 0 fully saturated rings. The molecule has 0 aliphatic carbocycles. The Morgan fingerprint density at radius 3 is 1.00 bits per heavy atom. The van der Waals surface area contributed by atoms with Gasteiger partial charge in [0.2, 0.25) is 5.91 Å². The molecule has 0 aliphatic heterocycles. The Morgan fingerprint density at radius 1 is 0.412 bits per heavy atom. The zero-order valence-corrected chi connectivity index (χ0v) is 55.2. The normalized spacial score (nSPS) is 13.8. The van der Waals surface area contributed by atoms with Crippen molar-refractivity contribution >= 4 is 13.7 Å². The summed E-state index contributed by atoms with van der Waals surface area (Å²) in [4.78, 5) is 23.4. The predicted octanol–water partition coefficient (Wildman–Crippen LogP) is 22.4. The lowest BCUT2D eigenvalue weighted by molar-refractivity contribution is -0.870. The maximum atomic E-state index is 13.0. The zero-order chi connectivity index (χ0) is 58.4. The first kappa shape index (κ1) is 78.7. The van der Waals surface area contributed by atoms with Gasteiger partial charge < -0.3 is 19.8 Å². The van der Waals surface area contributed by atoms with Crippen LogP contribution >= 0.6 is 7.82 Å². The van der Waals surface area contributed by atoms with Crippen LogP contribution in [-0.2, 0) is 18.4 Å². The number of allylic oxidation sites excluding steroid dienone is 5. The highest BCUT2D eigenvalue weighted by Gasteiger charge is 2.28. The monoisotopic (exact) mass is 1150 g/mol. The van der Waals surface area contributed by atoms with Gasteiger partial charge in [-0.05, 0) is 57.8 Å². The fraction of sp³-hybridized carbons (Fsp3) is 0.901. The molecule has 0 rings (SSSR count). The Morgan fingerprint density at radius 2 is 0.688 bits per heavy atom. The van der Waals surface area contributed by atoms with Crippen LogP contribution in [0.25, 0.3) is 0 Å². The number of amides is 1. The van der Waals surface area contributed by atoms with Gasteiger partial charge >= 0.3 is 7.82 Å². The third-order valence-corrected chi connectivity index (χ3v) is 17.3. The molecule has 3 N–H and O–H groups in total. The van der Waals surface area contributed by atoms with Gasteiger partial charge in [0.05, 0.1) is 39.9 Å². The molecule has 80 heavy (non-hydrogen) atoms. The van der Waals surface area contributed by atoms with Crippen LogP contribution in [0.4, 0.5) is 0 Å². The number of phosphoric acid groups is 1. The number of rotatable bonds is 66. The summed E-state index contributed by atoms with van der Waals surface area (Å²) < 4.78 is 23.8. The minimum absolute atomic E-state index is 0.0582. The smallest absolute Gasteiger partial charge is 0.387 e. The molecule has 9 heteroatoms. The van der Waals surface area contributed by atoms with Gasteiger partial charge in [0.15, 0.2) is 0 Å². The number of quaternary nitrogens is 1. The highest BCUT2D eigenvalue weighted by molar-refractivity contribution is 7.47. The fourth-order valence-electron chi connectivity index (χ4n) is 10.8. The van der Waals surface area contributed by atoms with Crippen LogP contribution in [0, 0.1) is 0 Å². The van der Waals surface area contributed by atoms with Crippen LogP contribution in [0.5, 0.6) is 0 Å². The van der Waals surface area contributed by atoms with Gasteiger partial charge in [0.1, 0.15) is 13.2 Å². The van der Waals surface area contributed by atoms with Gasteiger partial charge in [-0.2, -0.15) is 0 Å². The molecule has 0 aromatic heterocycles. The Labute approximate surface area is 499 Å². The average Bonchev–Trinajstić information content (AvgIpc) is 3.42. The van der Waals surface area contributed by atoms with E-state index in [-0.39, 0.29) is 19.1 Å². The highest BCUT2D eigenvalue weighted by Crippen LogP contribution is 2.43. The van der Waals surface area contributed by atoms with Crippen LogP contribution in [0.15, 0.2) is 36.5 Å². The number of hydrogen-bond donors (Lipinski definition) is 3. The Balaban J connectivity index is 4.01. The molecule has 0 saturated heterocycles. The maximum Gasteiger partial charge on any atom is 0.472 e. The highest BCUT2D eigenvalue weighted by atomic mass is 31.2. The first-order valence-corrected chi connectivity index (χ1v) is 36.9. The van der Waals surface area contributed by atoms with Gasteiger partial charge in [-0.3, -0.25) is 13.8 Å². The van der Waals surface area contributed by atoms with Crippen molar-refractivity contribution < 1.29 is 32.9 Å². The van der Waals surface area contributed by atoms with Crippen molar-refractivity contribution in [3.63, 3.8) is 0 Å². The molecule has 0 aromatic carbocycles. The van der Waals surface area contributed by atoms with E-state index >= 15 is 0 Å². The minimum atomic E-state index is -4.36. The van der Waals surface area contributed by atoms with Crippen molar-refractivity contribution in [1.82, 2.24) is 5.32 Å². The molecule has 3 atom stereocenters. The summed E-state index contributed by atoms with van der Waals surface area (Å²) in [6, 6.07) is -0.863. The van der Waals surface area contributed by atoms with Gasteiger partial charge in [-0.15, -0.1) is 0 Å². The second-order valence-corrected chi connectivity index (χ2v) is 27.1. The van der Waals surface area contributed by atoms with E-state index in [4.69, 9.17) is 9.05 Å². The van der Waals surface area contributed by atoms with Gasteiger partial charge in [0, 0.05) is 6.42 Å². The summed E-state index contributed by atoms with van der Waals surface area (Å²) >= 11 is 0. The van der Waals surface area contributed by atoms with E-state index < -0.39 is 20.0 Å². The summed E-state index contributed by atoms with van der Waals surface area (Å²) in [6.45, 7) is 4.85. The molecule has 0 spiro atoms. The van der Waals surface area contributed by atoms with Crippen LogP contribution in [0.1, 0.15) is 361 Å². The molecule has 3 unspecified atom stereocenters.